The molecule has 0 spiro atoms. The van der Waals surface area contributed by atoms with E-state index in [1.54, 1.807) is 45.0 Å². The molecule has 32 heavy (non-hydrogen) atoms. The molecule has 2 atom stereocenters. The van der Waals surface area contributed by atoms with Crippen molar-refractivity contribution < 1.29 is 26.7 Å². The van der Waals surface area contributed by atoms with Crippen LogP contribution in [0.3, 0.4) is 0 Å². The van der Waals surface area contributed by atoms with Crippen molar-refractivity contribution >= 4 is 16.1 Å². The third kappa shape index (κ3) is 6.04. The second-order valence-electron chi connectivity index (χ2n) is 9.02. The fourth-order valence-electron chi connectivity index (χ4n) is 3.91. The van der Waals surface area contributed by atoms with Crippen molar-refractivity contribution in [3.63, 3.8) is 0 Å². The minimum absolute atomic E-state index is 0.0709. The topological polar surface area (TPSA) is 75.7 Å². The molecule has 174 valence electrons. The zero-order chi connectivity index (χ0) is 23.7. The third-order valence-electron chi connectivity index (χ3n) is 5.18. The van der Waals surface area contributed by atoms with Gasteiger partial charge in [0.05, 0.1) is 12.3 Å². The molecule has 1 aliphatic rings. The molecule has 1 fully saturated rings. The zero-order valence-corrected chi connectivity index (χ0v) is 19.4. The van der Waals surface area contributed by atoms with Crippen LogP contribution in [0.1, 0.15) is 32.8 Å². The molecule has 6 nitrogen and oxygen atoms in total. The van der Waals surface area contributed by atoms with Gasteiger partial charge in [-0.3, -0.25) is 0 Å². The first-order valence-electron chi connectivity index (χ1n) is 10.3. The number of rotatable bonds is 5. The van der Waals surface area contributed by atoms with Gasteiger partial charge in [0.25, 0.3) is 0 Å². The van der Waals surface area contributed by atoms with Crippen molar-refractivity contribution in [1.29, 1.82) is 0 Å². The van der Waals surface area contributed by atoms with Crippen LogP contribution < -0.4 is 4.72 Å². The monoisotopic (exact) mass is 466 g/mol. The number of nitrogens with zero attached hydrogens (tertiary/aromatic N) is 1. The summed E-state index contributed by atoms with van der Waals surface area (Å²) in [7, 11) is -3.55. The van der Waals surface area contributed by atoms with Gasteiger partial charge in [0.2, 0.25) is 10.0 Å². The van der Waals surface area contributed by atoms with Crippen LogP contribution >= 0.6 is 0 Å². The first kappa shape index (κ1) is 24.1. The number of likely N-dealkylation sites (tertiary alicyclic amines) is 1. The molecule has 0 aromatic heterocycles. The number of ether oxygens (including phenoxy) is 1. The van der Waals surface area contributed by atoms with Gasteiger partial charge in [0.1, 0.15) is 17.2 Å². The van der Waals surface area contributed by atoms with Crippen LogP contribution in [0.4, 0.5) is 13.6 Å². The molecule has 0 saturated carbocycles. The Labute approximate surface area is 187 Å². The summed E-state index contributed by atoms with van der Waals surface area (Å²) in [5.41, 5.74) is 0.196. The quantitative estimate of drug-likeness (QED) is 0.720. The average molecular weight is 467 g/mol. The molecule has 1 aliphatic heterocycles. The molecule has 2 aromatic rings. The van der Waals surface area contributed by atoms with Gasteiger partial charge < -0.3 is 9.64 Å². The highest BCUT2D eigenvalue weighted by molar-refractivity contribution is 7.88. The number of sulfonamides is 1. The Bertz CT molecular complexity index is 1100. The lowest BCUT2D eigenvalue weighted by Gasteiger charge is -2.31. The highest BCUT2D eigenvalue weighted by atomic mass is 32.2. The van der Waals surface area contributed by atoms with E-state index in [1.807, 2.05) is 0 Å². The zero-order valence-electron chi connectivity index (χ0n) is 18.6. The number of carbonyl (C=O) groups excluding carboxylic acids is 1. The molecule has 2 aromatic carbocycles. The van der Waals surface area contributed by atoms with Gasteiger partial charge in [-0.1, -0.05) is 30.3 Å². The second-order valence-corrected chi connectivity index (χ2v) is 10.8. The summed E-state index contributed by atoms with van der Waals surface area (Å²) in [5, 5.41) is 0. The predicted molar refractivity (Wildman–Crippen MR) is 119 cm³/mol. The van der Waals surface area contributed by atoms with Gasteiger partial charge in [0.15, 0.2) is 0 Å². The molecular formula is C23H28F2N2O4S. The van der Waals surface area contributed by atoms with Crippen LogP contribution in [0, 0.1) is 11.6 Å². The number of nitrogens with one attached hydrogen (secondary N) is 1. The molecule has 1 N–H and O–H groups in total. The highest BCUT2D eigenvalue weighted by Crippen LogP contribution is 2.30. The maximum absolute atomic E-state index is 15.4. The first-order valence-corrected chi connectivity index (χ1v) is 12.2. The van der Waals surface area contributed by atoms with E-state index in [1.165, 1.54) is 23.1 Å². The first-order chi connectivity index (χ1) is 14.8. The number of amides is 1. The average Bonchev–Trinajstić information content (AvgIpc) is 3.03. The van der Waals surface area contributed by atoms with E-state index in [2.05, 4.69) is 4.72 Å². The summed E-state index contributed by atoms with van der Waals surface area (Å²) in [6.07, 6.45) is 0.914. The Morgan fingerprint density at radius 1 is 1.19 bits per heavy atom. The van der Waals surface area contributed by atoms with E-state index >= 15 is 4.39 Å². The van der Waals surface area contributed by atoms with Gasteiger partial charge in [0, 0.05) is 18.2 Å². The molecule has 0 aliphatic carbocycles. The van der Waals surface area contributed by atoms with Crippen LogP contribution in [0.2, 0.25) is 0 Å². The second kappa shape index (κ2) is 9.15. The Hall–Kier alpha value is -2.52. The highest BCUT2D eigenvalue weighted by Gasteiger charge is 2.40. The summed E-state index contributed by atoms with van der Waals surface area (Å²) < 4.78 is 60.8. The summed E-state index contributed by atoms with van der Waals surface area (Å²) in [6, 6.07) is 9.21. The van der Waals surface area contributed by atoms with E-state index < -0.39 is 45.4 Å². The minimum atomic E-state index is -3.55. The van der Waals surface area contributed by atoms with Crippen molar-refractivity contribution in [2.24, 2.45) is 0 Å². The standard InChI is InChI=1S/C23H28F2N2O4S/c1-23(2,3)31-22(28)27-12-11-19(26-32(4,29)30)20(27)14-16-8-6-10-18(21(16)25)15-7-5-9-17(24)13-15/h5-10,13,19-20,26H,11-12,14H2,1-4H3/t19-,20-/m0/s1. The fourth-order valence-corrected chi connectivity index (χ4v) is 4.73. The van der Waals surface area contributed by atoms with E-state index in [-0.39, 0.29) is 18.5 Å². The van der Waals surface area contributed by atoms with E-state index in [0.717, 1.165) is 6.26 Å². The number of hydrogen-bond acceptors (Lipinski definition) is 4. The Morgan fingerprint density at radius 2 is 1.88 bits per heavy atom. The van der Waals surface area contributed by atoms with E-state index in [4.69, 9.17) is 4.74 Å². The summed E-state index contributed by atoms with van der Waals surface area (Å²) >= 11 is 0. The number of hydrogen-bond donors (Lipinski definition) is 1. The van der Waals surface area contributed by atoms with Crippen molar-refractivity contribution in [3.8, 4) is 11.1 Å². The SMILES string of the molecule is CC(C)(C)OC(=O)N1CC[C@H](NS(C)(=O)=O)[C@@H]1Cc1cccc(-c2cccc(F)c2)c1F. The van der Waals surface area contributed by atoms with Crippen molar-refractivity contribution in [2.75, 3.05) is 12.8 Å². The van der Waals surface area contributed by atoms with Gasteiger partial charge in [-0.2, -0.15) is 0 Å². The maximum atomic E-state index is 15.4. The van der Waals surface area contributed by atoms with Crippen LogP contribution in [-0.2, 0) is 21.2 Å². The van der Waals surface area contributed by atoms with Crippen LogP contribution in [-0.4, -0.2) is 49.9 Å². The van der Waals surface area contributed by atoms with Gasteiger partial charge >= 0.3 is 6.09 Å². The summed E-state index contributed by atoms with van der Waals surface area (Å²) in [6.45, 7) is 5.50. The Kier molecular flexibility index (Phi) is 6.90. The van der Waals surface area contributed by atoms with Crippen LogP contribution in [0.15, 0.2) is 42.5 Å². The maximum Gasteiger partial charge on any atom is 0.410 e. The van der Waals surface area contributed by atoms with Crippen LogP contribution in [0.25, 0.3) is 11.1 Å². The number of carbonyl (C=O) groups is 1. The molecule has 3 rings (SSSR count). The number of halogens is 2. The van der Waals surface area contributed by atoms with Gasteiger partial charge in [-0.15, -0.1) is 0 Å². The predicted octanol–water partition coefficient (Wildman–Crippen LogP) is 4.10. The molecule has 1 saturated heterocycles. The normalized spacial score (nSPS) is 19.2. The lowest BCUT2D eigenvalue weighted by molar-refractivity contribution is 0.0218. The van der Waals surface area contributed by atoms with Crippen LogP contribution in [0.5, 0.6) is 0 Å². The van der Waals surface area contributed by atoms with E-state index in [9.17, 15) is 17.6 Å². The molecular weight excluding hydrogens is 438 g/mol. The Balaban J connectivity index is 1.94. The van der Waals surface area contributed by atoms with E-state index in [0.29, 0.717) is 17.5 Å². The van der Waals surface area contributed by atoms with Gasteiger partial charge in [-0.05, 0) is 56.9 Å². The minimum Gasteiger partial charge on any atom is -0.444 e. The summed E-state index contributed by atoms with van der Waals surface area (Å²) in [4.78, 5) is 14.2. The lowest BCUT2D eigenvalue weighted by Crippen LogP contribution is -2.48. The molecule has 0 bridgehead atoms. The molecule has 1 heterocycles. The largest absolute Gasteiger partial charge is 0.444 e. The fraction of sp³-hybridized carbons (Fsp3) is 0.435. The lowest BCUT2D eigenvalue weighted by atomic mass is 9.96. The number of benzene rings is 2. The molecule has 0 radical (unpaired) electrons. The molecule has 9 heteroatoms. The third-order valence-corrected chi connectivity index (χ3v) is 5.91. The molecule has 1 amide bonds. The van der Waals surface area contributed by atoms with Crippen molar-refractivity contribution in [2.45, 2.75) is 51.3 Å². The van der Waals surface area contributed by atoms with Crippen molar-refractivity contribution in [1.82, 2.24) is 9.62 Å². The Morgan fingerprint density at radius 3 is 2.50 bits per heavy atom. The molecule has 0 unspecified atom stereocenters. The smallest absolute Gasteiger partial charge is 0.410 e. The summed E-state index contributed by atoms with van der Waals surface area (Å²) in [5.74, 6) is -1.01. The van der Waals surface area contributed by atoms with Gasteiger partial charge in [-0.25, -0.2) is 26.7 Å². The van der Waals surface area contributed by atoms with Crippen molar-refractivity contribution in [3.05, 3.63) is 59.7 Å².